The molecule has 3 aliphatic rings. The number of hydrogen-bond acceptors (Lipinski definition) is 17. The van der Waals surface area contributed by atoms with Crippen molar-refractivity contribution in [3.05, 3.63) is 0 Å². The summed E-state index contributed by atoms with van der Waals surface area (Å²) in [5.74, 6) is -9.81. The smallest absolute Gasteiger partial charge is 0.270 e. The topological polar surface area (TPSA) is 319 Å². The number of hydrogen-bond donors (Lipinski definition) is 4. The SMILES string of the molecule is CC[C@@H]1NC(=O)[C@@H]2[C@@H]([C@H](C)CCCCCC(=O)N(C)OC)ON2C(=O)[C@H](C(C)C)N(C)C(=O)[C@H](CC(C)C)N(C)C(=O)[C@H](CC(C)C)N(C)C(=O)[C@@H](C)NC(=O)[C@H](C)NC(=O)[C@H](CC(C)C)N(C)C(=O)[C@H](C(C)C)NC(=O)[C@H]([C@@H](C)OCCCCN2CCOCC2)N(C)C(=O)[C@@H](C)N(C)C1=O. The van der Waals surface area contributed by atoms with Gasteiger partial charge < -0.3 is 60.1 Å². The monoisotopic (exact) mass is 1430 g/mol. The average Bonchev–Trinajstić information content (AvgIpc) is 0.754. The second-order valence-corrected chi connectivity index (χ2v) is 30.2. The fourth-order valence-corrected chi connectivity index (χ4v) is 13.3. The minimum atomic E-state index is -1.40. The van der Waals surface area contributed by atoms with Crippen LogP contribution in [0.15, 0.2) is 0 Å². The van der Waals surface area contributed by atoms with Crippen molar-refractivity contribution in [2.45, 2.75) is 260 Å². The van der Waals surface area contributed by atoms with Crippen LogP contribution >= 0.6 is 0 Å². The van der Waals surface area contributed by atoms with Gasteiger partial charge in [-0.1, -0.05) is 95.9 Å². The number of amides is 12. The maximum Gasteiger partial charge on any atom is 0.270 e. The molecule has 3 fully saturated rings. The molecule has 4 N–H and O–H groups in total. The highest BCUT2D eigenvalue weighted by molar-refractivity contribution is 6.00. The third kappa shape index (κ3) is 24.8. The average molecular weight is 1430 g/mol. The second-order valence-electron chi connectivity index (χ2n) is 30.2. The van der Waals surface area contributed by atoms with Crippen LogP contribution in [0.25, 0.3) is 0 Å². The lowest BCUT2D eigenvalue weighted by Gasteiger charge is -2.50. The molecule has 0 unspecified atom stereocenters. The van der Waals surface area contributed by atoms with Crippen LogP contribution in [0.5, 0.6) is 0 Å². The van der Waals surface area contributed by atoms with E-state index in [-0.39, 0.29) is 68.3 Å². The van der Waals surface area contributed by atoms with E-state index in [2.05, 4.69) is 26.2 Å². The van der Waals surface area contributed by atoms with Crippen molar-refractivity contribution in [1.82, 2.24) is 65.7 Å². The molecule has 0 radical (unpaired) electrons. The van der Waals surface area contributed by atoms with E-state index in [9.17, 15) is 28.8 Å². The van der Waals surface area contributed by atoms with Gasteiger partial charge in [0.25, 0.3) is 5.91 Å². The summed E-state index contributed by atoms with van der Waals surface area (Å²) >= 11 is 0. The highest BCUT2D eigenvalue weighted by Gasteiger charge is 2.55. The molecule has 0 aromatic rings. The summed E-state index contributed by atoms with van der Waals surface area (Å²) in [5, 5.41) is 13.3. The number of carbonyl (C=O) groups is 12. The number of nitrogens with one attached hydrogen (secondary N) is 4. The Morgan fingerprint density at radius 2 is 1.06 bits per heavy atom. The Bertz CT molecular complexity index is 2770. The van der Waals surface area contributed by atoms with Crippen LogP contribution in [-0.2, 0) is 76.7 Å². The number of unbranched alkanes of at least 4 members (excludes halogenated alkanes) is 3. The van der Waals surface area contributed by atoms with Crippen molar-refractivity contribution in [2.75, 3.05) is 95.9 Å². The molecule has 3 heterocycles. The number of carbonyl (C=O) groups excluding carboxylic acids is 12. The van der Waals surface area contributed by atoms with Crippen molar-refractivity contribution in [2.24, 2.45) is 35.5 Å². The first-order valence-electron chi connectivity index (χ1n) is 36.7. The molecular formula is C72H129N13O16. The van der Waals surface area contributed by atoms with E-state index in [0.717, 1.165) is 36.2 Å². The van der Waals surface area contributed by atoms with Crippen molar-refractivity contribution in [3.8, 4) is 0 Å². The predicted octanol–water partition coefficient (Wildman–Crippen LogP) is 3.46. The number of fused-ring (bicyclic) bond motifs is 1. The summed E-state index contributed by atoms with van der Waals surface area (Å²) in [5.41, 5.74) is 0. The van der Waals surface area contributed by atoms with Crippen molar-refractivity contribution >= 4 is 70.9 Å². The Labute approximate surface area is 602 Å². The molecule has 0 aromatic heterocycles. The van der Waals surface area contributed by atoms with Crippen molar-refractivity contribution in [3.63, 3.8) is 0 Å². The normalized spacial score (nSPS) is 27.3. The summed E-state index contributed by atoms with van der Waals surface area (Å²) < 4.78 is 11.9. The number of likely N-dealkylation sites (N-methyl/N-ethyl adjacent to an activating group) is 6. The van der Waals surface area contributed by atoms with E-state index >= 15 is 28.8 Å². The third-order valence-corrected chi connectivity index (χ3v) is 19.9. The summed E-state index contributed by atoms with van der Waals surface area (Å²) in [7, 11) is 11.5. The van der Waals surface area contributed by atoms with Crippen LogP contribution in [0.1, 0.15) is 181 Å². The van der Waals surface area contributed by atoms with Crippen LogP contribution < -0.4 is 21.3 Å². The van der Waals surface area contributed by atoms with Crippen LogP contribution in [0.2, 0.25) is 0 Å². The Hall–Kier alpha value is -6.56. The molecule has 0 saturated carbocycles. The first kappa shape index (κ1) is 88.7. The van der Waals surface area contributed by atoms with Gasteiger partial charge in [0.2, 0.25) is 65.0 Å². The largest absolute Gasteiger partial charge is 0.379 e. The number of hydroxylamine groups is 4. The number of ether oxygens (including phenoxy) is 2. The molecular weight excluding hydrogens is 1300 g/mol. The second kappa shape index (κ2) is 41.7. The lowest BCUT2D eigenvalue weighted by molar-refractivity contribution is -0.322. The molecule has 0 aromatic carbocycles. The molecule has 3 rings (SSSR count). The van der Waals surface area contributed by atoms with Crippen molar-refractivity contribution < 1.29 is 76.7 Å². The highest BCUT2D eigenvalue weighted by atomic mass is 16.7. The Morgan fingerprint density at radius 3 is 1.59 bits per heavy atom. The molecule has 3 aliphatic heterocycles. The van der Waals surface area contributed by atoms with Gasteiger partial charge in [0.15, 0.2) is 6.04 Å². The van der Waals surface area contributed by atoms with Gasteiger partial charge in [0.1, 0.15) is 66.5 Å². The van der Waals surface area contributed by atoms with Gasteiger partial charge in [-0.05, 0) is 121 Å². The Balaban J connectivity index is 2.29. The summed E-state index contributed by atoms with van der Waals surface area (Å²) in [6.07, 6.45) is 2.49. The molecule has 0 bridgehead atoms. The minimum Gasteiger partial charge on any atom is -0.379 e. The third-order valence-electron chi connectivity index (χ3n) is 19.9. The predicted molar refractivity (Wildman–Crippen MR) is 382 cm³/mol. The van der Waals surface area contributed by atoms with Gasteiger partial charge in [-0.3, -0.25) is 72.1 Å². The fraction of sp³-hybridized carbons (Fsp3) is 0.833. The minimum absolute atomic E-state index is 0.0228. The number of rotatable bonds is 24. The van der Waals surface area contributed by atoms with Gasteiger partial charge in [-0.25, -0.2) is 10.1 Å². The lowest BCUT2D eigenvalue weighted by atomic mass is 9.88. The summed E-state index contributed by atoms with van der Waals surface area (Å²) in [6, 6.07) is -13.8. The molecule has 29 heteroatoms. The number of morpholine rings is 1. The van der Waals surface area contributed by atoms with E-state index in [0.29, 0.717) is 45.3 Å². The Morgan fingerprint density at radius 1 is 0.535 bits per heavy atom. The molecule has 12 amide bonds. The fourth-order valence-electron chi connectivity index (χ4n) is 13.3. The molecule has 0 spiro atoms. The van der Waals surface area contributed by atoms with Gasteiger partial charge in [0, 0.05) is 75.5 Å². The zero-order chi connectivity index (χ0) is 76.8. The van der Waals surface area contributed by atoms with E-state index in [1.54, 1.807) is 41.5 Å². The van der Waals surface area contributed by atoms with Crippen molar-refractivity contribution in [1.29, 1.82) is 0 Å². The standard InChI is InChI=1S/C72H129N13O16/c1-25-52-68(93)77(17)50(15)67(92)82(22)59(51(16)100-36-30-29-33-84-34-37-99-38-35-84)64(89)76-57(45(8)9)71(96)78(18)53(39-42(2)3)63(88)73-48(13)62(87)74-49(14)66(91)79(19)54(40-43(4)5)69(94)80(20)55(41-44(6)7)70(95)81(21)58(46(10)11)72(97)85-60(65(90)75-52)61(101-85)47(12)31-27-26-28-32-56(86)83(23)98-24/h42-55,57-61H,25-41H2,1-24H3,(H,73,88)(H,74,87)(H,75,90)(H,76,89)/t47-,48+,49-,50-,51-,52+,53+,54+,55+,57+,58+,59+,60+,61-/m1/s1. The molecule has 0 aliphatic carbocycles. The maximum absolute atomic E-state index is 15.4. The molecule has 14 atom stereocenters. The lowest BCUT2D eigenvalue weighted by Crippen LogP contribution is -2.72. The maximum atomic E-state index is 15.4. The van der Waals surface area contributed by atoms with Crippen LogP contribution in [-0.4, -0.2) is 290 Å². The van der Waals surface area contributed by atoms with E-state index in [1.807, 2.05) is 48.5 Å². The molecule has 3 saturated heterocycles. The summed E-state index contributed by atoms with van der Waals surface area (Å²) in [6.45, 7) is 31.6. The zero-order valence-electron chi connectivity index (χ0n) is 65.5. The zero-order valence-corrected chi connectivity index (χ0v) is 65.5. The van der Waals surface area contributed by atoms with E-state index in [4.69, 9.17) is 19.1 Å². The van der Waals surface area contributed by atoms with Gasteiger partial charge in [-0.2, -0.15) is 0 Å². The number of nitrogens with zero attached hydrogens (tertiary/aromatic N) is 9. The first-order chi connectivity index (χ1) is 47.2. The van der Waals surface area contributed by atoms with Gasteiger partial charge in [-0.15, -0.1) is 0 Å². The van der Waals surface area contributed by atoms with Crippen LogP contribution in [0, 0.1) is 35.5 Å². The van der Waals surface area contributed by atoms with E-state index in [1.165, 1.54) is 107 Å². The highest BCUT2D eigenvalue weighted by Crippen LogP contribution is 2.35. The van der Waals surface area contributed by atoms with Gasteiger partial charge in [0.05, 0.1) is 26.4 Å². The Kier molecular flexibility index (Phi) is 36.6. The first-order valence-corrected chi connectivity index (χ1v) is 36.7. The quantitative estimate of drug-likeness (QED) is 0.0794. The van der Waals surface area contributed by atoms with Crippen LogP contribution in [0.4, 0.5) is 0 Å². The molecule has 101 heavy (non-hydrogen) atoms. The van der Waals surface area contributed by atoms with E-state index < -0.39 is 155 Å². The van der Waals surface area contributed by atoms with Crippen LogP contribution in [0.3, 0.4) is 0 Å². The molecule has 29 nitrogen and oxygen atoms in total. The van der Waals surface area contributed by atoms with Gasteiger partial charge >= 0.3 is 0 Å². The molecule has 578 valence electrons. The summed E-state index contributed by atoms with van der Waals surface area (Å²) in [4.78, 5) is 198.